The van der Waals surface area contributed by atoms with Gasteiger partial charge >= 0.3 is 12.3 Å². The topological polar surface area (TPSA) is 38.3 Å². The van der Waals surface area contributed by atoms with Gasteiger partial charge in [0.25, 0.3) is 0 Å². The van der Waals surface area contributed by atoms with Crippen molar-refractivity contribution < 1.29 is 22.7 Å². The number of cyclic esters (lactones) is 1. The summed E-state index contributed by atoms with van der Waals surface area (Å²) < 4.78 is 39.6. The first-order valence-corrected chi connectivity index (χ1v) is 2.95. The van der Waals surface area contributed by atoms with Crippen molar-refractivity contribution in [1.82, 2.24) is 5.32 Å². The molecule has 0 saturated carbocycles. The van der Waals surface area contributed by atoms with Crippen LogP contribution < -0.4 is 5.32 Å². The van der Waals surface area contributed by atoms with Crippen LogP contribution in [0.15, 0.2) is 0 Å². The van der Waals surface area contributed by atoms with Gasteiger partial charge in [-0.15, -0.1) is 0 Å². The van der Waals surface area contributed by atoms with Crippen LogP contribution in [0.2, 0.25) is 0 Å². The van der Waals surface area contributed by atoms with Gasteiger partial charge in [0.05, 0.1) is 6.04 Å². The normalized spacial score (nSPS) is 31.5. The molecule has 1 amide bonds. The molecule has 0 aromatic rings. The first-order valence-electron chi connectivity index (χ1n) is 2.95. The van der Waals surface area contributed by atoms with E-state index in [9.17, 15) is 18.0 Å². The Balaban J connectivity index is 2.67. The molecular formula is C5H6F3NO2. The van der Waals surface area contributed by atoms with E-state index in [0.29, 0.717) is 0 Å². The lowest BCUT2D eigenvalue weighted by molar-refractivity contribution is -0.198. The van der Waals surface area contributed by atoms with Gasteiger partial charge in [-0.1, -0.05) is 0 Å². The number of carbonyl (C=O) groups is 1. The highest BCUT2D eigenvalue weighted by Gasteiger charge is 2.50. The standard InChI is InChI=1S/C5H6F3NO2/c1-2-3(5(6,7)8)11-4(10)9-2/h2-3H,1H3,(H,9,10)/t2-,3+/m0/s1. The highest BCUT2D eigenvalue weighted by Crippen LogP contribution is 2.28. The van der Waals surface area contributed by atoms with Crippen molar-refractivity contribution in [2.24, 2.45) is 0 Å². The summed E-state index contributed by atoms with van der Waals surface area (Å²) >= 11 is 0. The van der Waals surface area contributed by atoms with Gasteiger partial charge in [-0.25, -0.2) is 4.79 Å². The molecule has 6 heteroatoms. The fraction of sp³-hybridized carbons (Fsp3) is 0.800. The van der Waals surface area contributed by atoms with E-state index in [-0.39, 0.29) is 0 Å². The Labute approximate surface area is 60.5 Å². The number of hydrogen-bond acceptors (Lipinski definition) is 2. The summed E-state index contributed by atoms with van der Waals surface area (Å²) in [6, 6.07) is -0.998. The zero-order chi connectivity index (χ0) is 8.65. The average Bonchev–Trinajstić information content (AvgIpc) is 2.08. The molecule has 1 N–H and O–H groups in total. The maximum atomic E-state index is 11.9. The molecule has 1 saturated heterocycles. The second-order valence-electron chi connectivity index (χ2n) is 2.30. The van der Waals surface area contributed by atoms with E-state index in [1.54, 1.807) is 0 Å². The molecule has 0 aromatic carbocycles. The number of hydrogen-bond donors (Lipinski definition) is 1. The molecule has 1 aliphatic heterocycles. The molecule has 1 fully saturated rings. The fourth-order valence-corrected chi connectivity index (χ4v) is 0.863. The van der Waals surface area contributed by atoms with E-state index in [0.717, 1.165) is 0 Å². The molecule has 0 spiro atoms. The number of carbonyl (C=O) groups excluding carboxylic acids is 1. The first-order chi connectivity index (χ1) is 4.91. The van der Waals surface area contributed by atoms with Crippen LogP contribution in [-0.2, 0) is 4.74 Å². The number of alkyl halides is 3. The van der Waals surface area contributed by atoms with Gasteiger partial charge in [0, 0.05) is 0 Å². The molecule has 0 aliphatic carbocycles. The number of ether oxygens (including phenoxy) is 1. The highest BCUT2D eigenvalue weighted by atomic mass is 19.4. The second kappa shape index (κ2) is 2.28. The number of nitrogens with one attached hydrogen (secondary N) is 1. The maximum Gasteiger partial charge on any atom is 0.427 e. The third-order valence-corrected chi connectivity index (χ3v) is 1.36. The van der Waals surface area contributed by atoms with Gasteiger partial charge < -0.3 is 10.1 Å². The quantitative estimate of drug-likeness (QED) is 0.588. The Hall–Kier alpha value is -0.940. The summed E-state index contributed by atoms with van der Waals surface area (Å²) in [4.78, 5) is 10.3. The largest absolute Gasteiger partial charge is 0.434 e. The summed E-state index contributed by atoms with van der Waals surface area (Å²) in [5, 5.41) is 1.99. The molecule has 0 unspecified atom stereocenters. The van der Waals surface area contributed by atoms with E-state index >= 15 is 0 Å². The summed E-state index contributed by atoms with van der Waals surface area (Å²) in [7, 11) is 0. The number of amides is 1. The van der Waals surface area contributed by atoms with Crippen molar-refractivity contribution in [3.05, 3.63) is 0 Å². The van der Waals surface area contributed by atoms with Crippen molar-refractivity contribution in [2.45, 2.75) is 25.2 Å². The number of alkyl carbamates (subject to hydrolysis) is 1. The molecule has 0 bridgehead atoms. The minimum Gasteiger partial charge on any atom is -0.434 e. The average molecular weight is 169 g/mol. The molecular weight excluding hydrogens is 163 g/mol. The lowest BCUT2D eigenvalue weighted by atomic mass is 10.2. The molecule has 11 heavy (non-hydrogen) atoms. The smallest absolute Gasteiger partial charge is 0.427 e. The third kappa shape index (κ3) is 1.55. The molecule has 0 radical (unpaired) electrons. The van der Waals surface area contributed by atoms with E-state index in [1.165, 1.54) is 6.92 Å². The first kappa shape index (κ1) is 8.16. The Bertz CT molecular complexity index is 179. The minimum atomic E-state index is -4.47. The monoisotopic (exact) mass is 169 g/mol. The van der Waals surface area contributed by atoms with E-state index < -0.39 is 24.4 Å². The van der Waals surface area contributed by atoms with Crippen molar-refractivity contribution in [1.29, 1.82) is 0 Å². The predicted molar refractivity (Wildman–Crippen MR) is 28.9 cm³/mol. The van der Waals surface area contributed by atoms with Gasteiger partial charge in [-0.2, -0.15) is 13.2 Å². The predicted octanol–water partition coefficient (Wildman–Crippen LogP) is 1.05. The fourth-order valence-electron chi connectivity index (χ4n) is 0.863. The molecule has 3 nitrogen and oxygen atoms in total. The lowest BCUT2D eigenvalue weighted by Crippen LogP contribution is -2.38. The van der Waals surface area contributed by atoms with Crippen molar-refractivity contribution >= 4 is 6.09 Å². The summed E-state index contributed by atoms with van der Waals surface area (Å²) in [5.74, 6) is 0. The van der Waals surface area contributed by atoms with Gasteiger partial charge in [-0.3, -0.25) is 0 Å². The van der Waals surface area contributed by atoms with Gasteiger partial charge in [0.15, 0.2) is 0 Å². The Morgan fingerprint density at radius 1 is 1.55 bits per heavy atom. The van der Waals surface area contributed by atoms with Crippen LogP contribution in [0, 0.1) is 0 Å². The molecule has 1 rings (SSSR count). The molecule has 64 valence electrons. The van der Waals surface area contributed by atoms with Crippen molar-refractivity contribution in [3.8, 4) is 0 Å². The van der Waals surface area contributed by atoms with E-state index in [2.05, 4.69) is 4.74 Å². The highest BCUT2D eigenvalue weighted by molar-refractivity contribution is 5.70. The Morgan fingerprint density at radius 2 is 2.09 bits per heavy atom. The zero-order valence-electron chi connectivity index (χ0n) is 5.61. The summed E-state index contributed by atoms with van der Waals surface area (Å²) in [6.07, 6.45) is -7.49. The zero-order valence-corrected chi connectivity index (χ0v) is 5.61. The van der Waals surface area contributed by atoms with Crippen LogP contribution in [-0.4, -0.2) is 24.4 Å². The van der Waals surface area contributed by atoms with Crippen LogP contribution in [0.4, 0.5) is 18.0 Å². The Kier molecular flexibility index (Phi) is 1.69. The number of halogens is 3. The molecule has 1 aliphatic rings. The Morgan fingerprint density at radius 3 is 2.27 bits per heavy atom. The maximum absolute atomic E-state index is 11.9. The third-order valence-electron chi connectivity index (χ3n) is 1.36. The van der Waals surface area contributed by atoms with Crippen LogP contribution >= 0.6 is 0 Å². The van der Waals surface area contributed by atoms with Crippen LogP contribution in [0.1, 0.15) is 6.92 Å². The van der Waals surface area contributed by atoms with Gasteiger partial charge in [0.1, 0.15) is 0 Å². The molecule has 0 aromatic heterocycles. The summed E-state index contributed by atoms with van der Waals surface area (Å²) in [5.41, 5.74) is 0. The van der Waals surface area contributed by atoms with E-state index in [1.807, 2.05) is 5.32 Å². The lowest BCUT2D eigenvalue weighted by Gasteiger charge is -2.15. The van der Waals surface area contributed by atoms with Gasteiger partial charge in [-0.05, 0) is 6.92 Å². The van der Waals surface area contributed by atoms with Crippen LogP contribution in [0.25, 0.3) is 0 Å². The van der Waals surface area contributed by atoms with Crippen LogP contribution in [0.5, 0.6) is 0 Å². The van der Waals surface area contributed by atoms with E-state index in [4.69, 9.17) is 0 Å². The summed E-state index contributed by atoms with van der Waals surface area (Å²) in [6.45, 7) is 1.24. The second-order valence-corrected chi connectivity index (χ2v) is 2.30. The molecule has 1 heterocycles. The minimum absolute atomic E-state index is 0.998. The molecule has 2 atom stereocenters. The van der Waals surface area contributed by atoms with Crippen molar-refractivity contribution in [2.75, 3.05) is 0 Å². The number of rotatable bonds is 0. The van der Waals surface area contributed by atoms with Crippen LogP contribution in [0.3, 0.4) is 0 Å². The van der Waals surface area contributed by atoms with Gasteiger partial charge in [0.2, 0.25) is 6.10 Å². The SMILES string of the molecule is C[C@@H]1NC(=O)O[C@H]1C(F)(F)F. The van der Waals surface area contributed by atoms with Crippen molar-refractivity contribution in [3.63, 3.8) is 0 Å².